The van der Waals surface area contributed by atoms with E-state index in [4.69, 9.17) is 5.73 Å². The molecule has 3 aromatic rings. The van der Waals surface area contributed by atoms with E-state index >= 15 is 0 Å². The number of aromatic nitrogens is 2. The predicted molar refractivity (Wildman–Crippen MR) is 82.3 cm³/mol. The maximum Gasteiger partial charge on any atom is 0.335 e. The van der Waals surface area contributed by atoms with Gasteiger partial charge in [-0.05, 0) is 29.8 Å². The SMILES string of the molecule is Cn1c(=O)n(C(=O)Cc2ccccc2F)c2cc(N)ccc21. The maximum absolute atomic E-state index is 13.7. The largest absolute Gasteiger partial charge is 0.399 e. The average Bonchev–Trinajstić information content (AvgIpc) is 2.73. The van der Waals surface area contributed by atoms with Gasteiger partial charge in [-0.15, -0.1) is 0 Å². The summed E-state index contributed by atoms with van der Waals surface area (Å²) in [6, 6.07) is 10.9. The lowest BCUT2D eigenvalue weighted by molar-refractivity contribution is 0.0913. The Kier molecular flexibility index (Phi) is 3.29. The molecule has 3 rings (SSSR count). The molecule has 0 aliphatic carbocycles. The normalized spacial score (nSPS) is 11.0. The molecule has 0 amide bonds. The molecule has 0 saturated carbocycles. The van der Waals surface area contributed by atoms with Crippen LogP contribution < -0.4 is 11.4 Å². The van der Waals surface area contributed by atoms with Crippen molar-refractivity contribution in [2.24, 2.45) is 7.05 Å². The topological polar surface area (TPSA) is 70.0 Å². The number of rotatable bonds is 2. The van der Waals surface area contributed by atoms with E-state index in [0.29, 0.717) is 16.7 Å². The van der Waals surface area contributed by atoms with Crippen LogP contribution in [0.25, 0.3) is 11.0 Å². The Bertz CT molecular complexity index is 940. The number of nitrogens with zero attached hydrogens (tertiary/aromatic N) is 2. The van der Waals surface area contributed by atoms with E-state index in [0.717, 1.165) is 4.57 Å². The van der Waals surface area contributed by atoms with Crippen LogP contribution in [0.2, 0.25) is 0 Å². The quantitative estimate of drug-likeness (QED) is 0.735. The number of imidazole rings is 1. The summed E-state index contributed by atoms with van der Waals surface area (Å²) in [6.07, 6.45) is -0.194. The number of anilines is 1. The fraction of sp³-hybridized carbons (Fsp3) is 0.125. The van der Waals surface area contributed by atoms with Gasteiger partial charge in [0, 0.05) is 12.7 Å². The predicted octanol–water partition coefficient (Wildman–Crippen LogP) is 1.94. The standard InChI is InChI=1S/C16H14FN3O2/c1-19-13-7-6-11(18)9-14(13)20(16(19)22)15(21)8-10-4-2-3-5-12(10)17/h2-7,9H,8,18H2,1H3. The lowest BCUT2D eigenvalue weighted by atomic mass is 10.1. The molecule has 0 spiro atoms. The van der Waals surface area contributed by atoms with Crippen LogP contribution >= 0.6 is 0 Å². The maximum atomic E-state index is 13.7. The molecule has 2 N–H and O–H groups in total. The summed E-state index contributed by atoms with van der Waals surface area (Å²) in [5.74, 6) is -0.963. The van der Waals surface area contributed by atoms with Gasteiger partial charge in [0.05, 0.1) is 17.5 Å². The Morgan fingerprint density at radius 1 is 1.18 bits per heavy atom. The number of fused-ring (bicyclic) bond motifs is 1. The number of nitrogens with two attached hydrogens (primary N) is 1. The number of halogens is 1. The number of hydrogen-bond acceptors (Lipinski definition) is 3. The minimum atomic E-state index is -0.494. The lowest BCUT2D eigenvalue weighted by Crippen LogP contribution is -2.29. The van der Waals surface area contributed by atoms with Crippen LogP contribution in [0.15, 0.2) is 47.3 Å². The number of carbonyl (C=O) groups excluding carboxylic acids is 1. The summed E-state index contributed by atoms with van der Waals surface area (Å²) in [7, 11) is 1.58. The molecule has 6 heteroatoms. The van der Waals surface area contributed by atoms with Crippen molar-refractivity contribution < 1.29 is 9.18 Å². The Labute approximate surface area is 125 Å². The van der Waals surface area contributed by atoms with Crippen LogP contribution in [0.4, 0.5) is 10.1 Å². The first-order valence-electron chi connectivity index (χ1n) is 6.72. The van der Waals surface area contributed by atoms with Crippen LogP contribution in [0.3, 0.4) is 0 Å². The minimum Gasteiger partial charge on any atom is -0.399 e. The molecule has 0 aliphatic rings. The van der Waals surface area contributed by atoms with Crippen LogP contribution in [-0.4, -0.2) is 15.0 Å². The van der Waals surface area contributed by atoms with Gasteiger partial charge in [0.25, 0.3) is 0 Å². The second-order valence-electron chi connectivity index (χ2n) is 5.09. The highest BCUT2D eigenvalue weighted by molar-refractivity contribution is 5.92. The highest BCUT2D eigenvalue weighted by atomic mass is 19.1. The van der Waals surface area contributed by atoms with Crippen molar-refractivity contribution in [3.63, 3.8) is 0 Å². The van der Waals surface area contributed by atoms with Gasteiger partial charge in [0.15, 0.2) is 0 Å². The highest BCUT2D eigenvalue weighted by Gasteiger charge is 2.18. The number of aryl methyl sites for hydroxylation is 1. The van der Waals surface area contributed by atoms with Gasteiger partial charge in [-0.1, -0.05) is 18.2 Å². The fourth-order valence-corrected chi connectivity index (χ4v) is 2.48. The molecule has 22 heavy (non-hydrogen) atoms. The van der Waals surface area contributed by atoms with E-state index < -0.39 is 17.4 Å². The van der Waals surface area contributed by atoms with Crippen LogP contribution in [0.5, 0.6) is 0 Å². The molecule has 0 fully saturated rings. The molecule has 0 bridgehead atoms. The summed E-state index contributed by atoms with van der Waals surface area (Å²) in [6.45, 7) is 0. The van der Waals surface area contributed by atoms with Crippen molar-refractivity contribution in [3.05, 3.63) is 64.3 Å². The summed E-state index contributed by atoms with van der Waals surface area (Å²) >= 11 is 0. The average molecular weight is 299 g/mol. The van der Waals surface area contributed by atoms with E-state index in [1.165, 1.54) is 16.7 Å². The Balaban J connectivity index is 2.12. The minimum absolute atomic E-state index is 0.194. The van der Waals surface area contributed by atoms with Gasteiger partial charge >= 0.3 is 5.69 Å². The van der Waals surface area contributed by atoms with E-state index in [1.807, 2.05) is 0 Å². The third-order valence-corrected chi connectivity index (χ3v) is 3.63. The monoisotopic (exact) mass is 299 g/mol. The second kappa shape index (κ2) is 5.14. The molecular formula is C16H14FN3O2. The van der Waals surface area contributed by atoms with Gasteiger partial charge in [-0.3, -0.25) is 9.36 Å². The zero-order chi connectivity index (χ0) is 15.9. The number of hydrogen-bond donors (Lipinski definition) is 1. The fourth-order valence-electron chi connectivity index (χ4n) is 2.48. The Morgan fingerprint density at radius 2 is 1.91 bits per heavy atom. The summed E-state index contributed by atoms with van der Waals surface area (Å²) in [4.78, 5) is 24.8. The molecule has 2 aromatic carbocycles. The second-order valence-corrected chi connectivity index (χ2v) is 5.09. The van der Waals surface area contributed by atoms with Crippen LogP contribution in [0, 0.1) is 5.82 Å². The first-order chi connectivity index (χ1) is 10.5. The van der Waals surface area contributed by atoms with Gasteiger partial charge in [0.1, 0.15) is 5.82 Å². The molecule has 0 unspecified atom stereocenters. The van der Waals surface area contributed by atoms with E-state index in [9.17, 15) is 14.0 Å². The van der Waals surface area contributed by atoms with Gasteiger partial charge < -0.3 is 5.73 Å². The number of benzene rings is 2. The van der Waals surface area contributed by atoms with Gasteiger partial charge in [0.2, 0.25) is 5.91 Å². The molecule has 0 radical (unpaired) electrons. The van der Waals surface area contributed by atoms with E-state index in [1.54, 1.807) is 37.4 Å². The first-order valence-corrected chi connectivity index (χ1v) is 6.72. The molecule has 5 nitrogen and oxygen atoms in total. The van der Waals surface area contributed by atoms with Crippen molar-refractivity contribution in [1.82, 2.24) is 9.13 Å². The van der Waals surface area contributed by atoms with Crippen molar-refractivity contribution >= 4 is 22.6 Å². The molecule has 0 aliphatic heterocycles. The molecule has 1 aromatic heterocycles. The molecule has 112 valence electrons. The Morgan fingerprint density at radius 3 is 2.64 bits per heavy atom. The van der Waals surface area contributed by atoms with Crippen LogP contribution in [0.1, 0.15) is 10.4 Å². The number of nitrogen functional groups attached to an aromatic ring is 1. The zero-order valence-electron chi connectivity index (χ0n) is 11.9. The molecule has 0 atom stereocenters. The van der Waals surface area contributed by atoms with Crippen LogP contribution in [-0.2, 0) is 13.5 Å². The van der Waals surface area contributed by atoms with Crippen molar-refractivity contribution in [2.75, 3.05) is 5.73 Å². The zero-order valence-corrected chi connectivity index (χ0v) is 11.9. The van der Waals surface area contributed by atoms with E-state index in [2.05, 4.69) is 0 Å². The summed E-state index contributed by atoms with van der Waals surface area (Å²) in [5.41, 5.74) is 6.99. The molecule has 1 heterocycles. The van der Waals surface area contributed by atoms with Gasteiger partial charge in [-0.25, -0.2) is 13.8 Å². The van der Waals surface area contributed by atoms with Gasteiger partial charge in [-0.2, -0.15) is 0 Å². The van der Waals surface area contributed by atoms with Crippen molar-refractivity contribution in [2.45, 2.75) is 6.42 Å². The molecular weight excluding hydrogens is 285 g/mol. The third kappa shape index (κ3) is 2.18. The lowest BCUT2D eigenvalue weighted by Gasteiger charge is -2.04. The van der Waals surface area contributed by atoms with Crippen molar-refractivity contribution in [3.8, 4) is 0 Å². The van der Waals surface area contributed by atoms with Crippen molar-refractivity contribution in [1.29, 1.82) is 0 Å². The highest BCUT2D eigenvalue weighted by Crippen LogP contribution is 2.17. The Hall–Kier alpha value is -2.89. The third-order valence-electron chi connectivity index (χ3n) is 3.63. The smallest absolute Gasteiger partial charge is 0.335 e. The summed E-state index contributed by atoms with van der Waals surface area (Å²) in [5, 5.41) is 0. The molecule has 0 saturated heterocycles. The summed E-state index contributed by atoms with van der Waals surface area (Å²) < 4.78 is 16.1. The van der Waals surface area contributed by atoms with E-state index in [-0.39, 0.29) is 12.0 Å². The first kappa shape index (κ1) is 14.1. The number of carbonyl (C=O) groups is 1.